The van der Waals surface area contributed by atoms with Crippen molar-refractivity contribution in [3.8, 4) is 11.4 Å². The number of hydrogen-bond acceptors (Lipinski definition) is 9. The number of ketones is 1. The zero-order valence-corrected chi connectivity index (χ0v) is 23.0. The van der Waals surface area contributed by atoms with E-state index in [0.717, 1.165) is 0 Å². The molecular formula is C28H32N4O7S. The van der Waals surface area contributed by atoms with Crippen LogP contribution < -0.4 is 5.32 Å². The number of amides is 2. The average Bonchev–Trinajstić information content (AvgIpc) is 3.47. The largest absolute Gasteiger partial charge is 0.378 e. The number of morpholine rings is 1. The molecule has 2 heterocycles. The Morgan fingerprint density at radius 3 is 2.30 bits per heavy atom. The summed E-state index contributed by atoms with van der Waals surface area (Å²) < 4.78 is 36.6. The summed E-state index contributed by atoms with van der Waals surface area (Å²) in [5, 5.41) is 6.49. The van der Waals surface area contributed by atoms with Gasteiger partial charge < -0.3 is 19.5 Å². The second-order valence-corrected chi connectivity index (χ2v) is 11.7. The van der Waals surface area contributed by atoms with Crippen LogP contribution in [-0.2, 0) is 29.9 Å². The number of rotatable bonds is 12. The summed E-state index contributed by atoms with van der Waals surface area (Å²) in [5.41, 5.74) is 1.24. The Kier molecular flexibility index (Phi) is 9.78. The van der Waals surface area contributed by atoms with E-state index in [0.29, 0.717) is 37.4 Å². The first-order chi connectivity index (χ1) is 19.3. The average molecular weight is 569 g/mol. The van der Waals surface area contributed by atoms with Crippen molar-refractivity contribution < 1.29 is 32.1 Å². The predicted molar refractivity (Wildman–Crippen MR) is 146 cm³/mol. The van der Waals surface area contributed by atoms with Gasteiger partial charge >= 0.3 is 0 Å². The number of carbonyl (C=O) groups is 3. The highest BCUT2D eigenvalue weighted by Crippen LogP contribution is 2.18. The molecule has 0 bridgehead atoms. The molecule has 1 saturated heterocycles. The SMILES string of the molecule is CC[C@H](NC(=O)[C@@H](CC(=O)N1CCOCC1)CS(=O)(=O)Cc1ccccc1)C(=O)c1nc(-c2ccccc2)no1. The lowest BCUT2D eigenvalue weighted by molar-refractivity contribution is -0.139. The minimum atomic E-state index is -3.78. The topological polar surface area (TPSA) is 149 Å². The summed E-state index contributed by atoms with van der Waals surface area (Å²) in [6, 6.07) is 16.5. The maximum Gasteiger partial charge on any atom is 0.296 e. The molecule has 0 spiro atoms. The molecule has 1 fully saturated rings. The number of hydrogen-bond donors (Lipinski definition) is 1. The molecule has 4 rings (SSSR count). The zero-order chi connectivity index (χ0) is 28.5. The Morgan fingerprint density at radius 2 is 1.65 bits per heavy atom. The fourth-order valence-corrected chi connectivity index (χ4v) is 6.09. The van der Waals surface area contributed by atoms with Crippen LogP contribution in [0.5, 0.6) is 0 Å². The molecule has 1 aliphatic rings. The van der Waals surface area contributed by atoms with Crippen LogP contribution in [0.25, 0.3) is 11.4 Å². The van der Waals surface area contributed by atoms with E-state index in [2.05, 4.69) is 15.5 Å². The Hall–Kier alpha value is -3.90. The summed E-state index contributed by atoms with van der Waals surface area (Å²) in [7, 11) is -3.78. The Morgan fingerprint density at radius 1 is 1.00 bits per heavy atom. The van der Waals surface area contributed by atoms with Crippen molar-refractivity contribution in [2.45, 2.75) is 31.6 Å². The van der Waals surface area contributed by atoms with E-state index in [1.165, 1.54) is 0 Å². The fourth-order valence-electron chi connectivity index (χ4n) is 4.39. The van der Waals surface area contributed by atoms with E-state index in [9.17, 15) is 22.8 Å². The number of Topliss-reactive ketones (excluding diaryl/α,β-unsaturated/α-hetero) is 1. The monoisotopic (exact) mass is 568 g/mol. The number of aromatic nitrogens is 2. The highest BCUT2D eigenvalue weighted by atomic mass is 32.2. The van der Waals surface area contributed by atoms with Gasteiger partial charge in [0.25, 0.3) is 5.89 Å². The first-order valence-corrected chi connectivity index (χ1v) is 14.9. The molecule has 2 amide bonds. The van der Waals surface area contributed by atoms with E-state index in [1.54, 1.807) is 66.4 Å². The van der Waals surface area contributed by atoms with Crippen molar-refractivity contribution in [1.29, 1.82) is 0 Å². The van der Waals surface area contributed by atoms with Gasteiger partial charge in [0.1, 0.15) is 0 Å². The van der Waals surface area contributed by atoms with Crippen molar-refractivity contribution in [1.82, 2.24) is 20.4 Å². The minimum absolute atomic E-state index is 0.189. The minimum Gasteiger partial charge on any atom is -0.378 e. The molecule has 12 heteroatoms. The smallest absolute Gasteiger partial charge is 0.296 e. The lowest BCUT2D eigenvalue weighted by atomic mass is 10.0. The van der Waals surface area contributed by atoms with Crippen LogP contribution in [0.15, 0.2) is 65.2 Å². The van der Waals surface area contributed by atoms with Crippen LogP contribution in [0.1, 0.15) is 36.0 Å². The van der Waals surface area contributed by atoms with Gasteiger partial charge in [0.05, 0.1) is 36.7 Å². The molecular weight excluding hydrogens is 536 g/mol. The quantitative estimate of drug-likeness (QED) is 0.325. The van der Waals surface area contributed by atoms with Gasteiger partial charge in [-0.25, -0.2) is 8.42 Å². The fraction of sp³-hybridized carbons (Fsp3) is 0.393. The van der Waals surface area contributed by atoms with Gasteiger partial charge in [-0.2, -0.15) is 4.98 Å². The third-order valence-corrected chi connectivity index (χ3v) is 8.23. The van der Waals surface area contributed by atoms with Crippen LogP contribution in [-0.4, -0.2) is 79.2 Å². The third-order valence-electron chi connectivity index (χ3n) is 6.55. The van der Waals surface area contributed by atoms with E-state index in [4.69, 9.17) is 9.26 Å². The van der Waals surface area contributed by atoms with Crippen molar-refractivity contribution in [3.63, 3.8) is 0 Å². The first kappa shape index (κ1) is 29.1. The molecule has 1 aromatic heterocycles. The summed E-state index contributed by atoms with van der Waals surface area (Å²) in [5.74, 6) is -3.72. The molecule has 40 heavy (non-hydrogen) atoms. The molecule has 11 nitrogen and oxygen atoms in total. The Labute approximate surface area is 232 Å². The molecule has 0 saturated carbocycles. The molecule has 0 aliphatic carbocycles. The number of nitrogens with zero attached hydrogens (tertiary/aromatic N) is 3. The standard InChI is InChI=1S/C28H32N4O7S/c1-2-23(25(34)28-30-26(31-39-28)21-11-7-4-8-12-21)29-27(35)22(17-24(33)32-13-15-38-16-14-32)19-40(36,37)18-20-9-5-3-6-10-20/h3-12,22-23H,2,13-19H2,1H3,(H,29,35)/t22-,23-/m0/s1. The predicted octanol–water partition coefficient (Wildman–Crippen LogP) is 2.29. The van der Waals surface area contributed by atoms with Crippen LogP contribution >= 0.6 is 0 Å². The van der Waals surface area contributed by atoms with E-state index >= 15 is 0 Å². The maximum absolute atomic E-state index is 13.4. The van der Waals surface area contributed by atoms with Crippen molar-refractivity contribution in [3.05, 3.63) is 72.1 Å². The summed E-state index contributed by atoms with van der Waals surface area (Å²) in [4.78, 5) is 45.3. The molecule has 2 aromatic carbocycles. The highest BCUT2D eigenvalue weighted by molar-refractivity contribution is 7.90. The maximum atomic E-state index is 13.4. The lowest BCUT2D eigenvalue weighted by Crippen LogP contribution is -2.47. The van der Waals surface area contributed by atoms with Gasteiger partial charge in [0.2, 0.25) is 23.4 Å². The van der Waals surface area contributed by atoms with Crippen molar-refractivity contribution in [2.75, 3.05) is 32.1 Å². The normalized spacial score (nSPS) is 15.3. The Balaban J connectivity index is 1.49. The zero-order valence-electron chi connectivity index (χ0n) is 22.2. The Bertz CT molecular complexity index is 1400. The molecule has 1 aliphatic heterocycles. The number of carbonyl (C=O) groups excluding carboxylic acids is 3. The number of nitrogens with one attached hydrogen (secondary N) is 1. The van der Waals surface area contributed by atoms with E-state index in [-0.39, 0.29) is 36.2 Å². The highest BCUT2D eigenvalue weighted by Gasteiger charge is 2.33. The summed E-state index contributed by atoms with van der Waals surface area (Å²) in [6.45, 7) is 3.16. The van der Waals surface area contributed by atoms with Crippen LogP contribution in [0, 0.1) is 5.92 Å². The van der Waals surface area contributed by atoms with Gasteiger partial charge in [0.15, 0.2) is 9.84 Å². The molecule has 1 N–H and O–H groups in total. The van der Waals surface area contributed by atoms with Crippen LogP contribution in [0.3, 0.4) is 0 Å². The first-order valence-electron chi connectivity index (χ1n) is 13.1. The van der Waals surface area contributed by atoms with Crippen LogP contribution in [0.4, 0.5) is 0 Å². The molecule has 3 aromatic rings. The van der Waals surface area contributed by atoms with Crippen molar-refractivity contribution in [2.24, 2.45) is 5.92 Å². The third kappa shape index (κ3) is 7.82. The van der Waals surface area contributed by atoms with Crippen LogP contribution in [0.2, 0.25) is 0 Å². The van der Waals surface area contributed by atoms with E-state index in [1.807, 2.05) is 6.07 Å². The van der Waals surface area contributed by atoms with Gasteiger partial charge in [0, 0.05) is 25.1 Å². The van der Waals surface area contributed by atoms with Gasteiger partial charge in [-0.05, 0) is 12.0 Å². The molecule has 0 radical (unpaired) electrons. The second-order valence-electron chi connectivity index (χ2n) is 9.56. The summed E-state index contributed by atoms with van der Waals surface area (Å²) in [6.07, 6.45) is -0.127. The lowest BCUT2D eigenvalue weighted by Gasteiger charge is -2.28. The number of benzene rings is 2. The van der Waals surface area contributed by atoms with Crippen molar-refractivity contribution >= 4 is 27.4 Å². The number of ether oxygens (including phenoxy) is 1. The molecule has 0 unspecified atom stereocenters. The van der Waals surface area contributed by atoms with Gasteiger partial charge in [-0.15, -0.1) is 0 Å². The van der Waals surface area contributed by atoms with Gasteiger partial charge in [-0.3, -0.25) is 14.4 Å². The molecule has 2 atom stereocenters. The van der Waals surface area contributed by atoms with Gasteiger partial charge in [-0.1, -0.05) is 72.7 Å². The van der Waals surface area contributed by atoms with E-state index < -0.39 is 39.2 Å². The second kappa shape index (κ2) is 13.4. The number of sulfone groups is 1. The molecule has 212 valence electrons. The summed E-state index contributed by atoms with van der Waals surface area (Å²) >= 11 is 0.